The van der Waals surface area contributed by atoms with Crippen LogP contribution < -0.4 is 5.32 Å². The van der Waals surface area contributed by atoms with Gasteiger partial charge in [-0.2, -0.15) is 12.6 Å². The number of hydrogen-bond acceptors (Lipinski definition) is 2. The Morgan fingerprint density at radius 3 is 1.82 bits per heavy atom. The predicted molar refractivity (Wildman–Crippen MR) is 102 cm³/mol. The van der Waals surface area contributed by atoms with Gasteiger partial charge >= 0.3 is 0 Å². The summed E-state index contributed by atoms with van der Waals surface area (Å²) in [5.41, 5.74) is 2.28. The summed E-state index contributed by atoms with van der Waals surface area (Å²) in [6, 6.07) is 9.58. The van der Waals surface area contributed by atoms with E-state index in [2.05, 4.69) is 17.9 Å². The zero-order valence-electron chi connectivity index (χ0n) is 13.3. The van der Waals surface area contributed by atoms with Gasteiger partial charge in [0.05, 0.1) is 15.9 Å². The molecule has 0 unspecified atom stereocenters. The van der Waals surface area contributed by atoms with Gasteiger partial charge in [-0.1, -0.05) is 63.0 Å². The topological polar surface area (TPSA) is 12.0 Å². The van der Waals surface area contributed by atoms with Crippen molar-refractivity contribution in [3.63, 3.8) is 0 Å². The maximum Gasteiger partial charge on any atom is 0.123 e. The highest BCUT2D eigenvalue weighted by Gasteiger charge is 2.10. The maximum atomic E-state index is 12.9. The summed E-state index contributed by atoms with van der Waals surface area (Å²) in [5, 5.41) is 4.04. The summed E-state index contributed by atoms with van der Waals surface area (Å²) >= 11 is 16.5. The lowest BCUT2D eigenvalue weighted by atomic mass is 10.1. The highest BCUT2D eigenvalue weighted by atomic mass is 35.5. The molecule has 0 spiro atoms. The lowest BCUT2D eigenvalue weighted by Crippen LogP contribution is -1.95. The number of thiol groups is 1. The molecule has 1 N–H and O–H groups in total. The molecule has 0 aliphatic carbocycles. The lowest BCUT2D eigenvalue weighted by molar-refractivity contribution is 0.628. The van der Waals surface area contributed by atoms with Gasteiger partial charge in [0.1, 0.15) is 5.82 Å². The average Bonchev–Trinajstić information content (AvgIpc) is 2.53. The molecule has 0 aromatic heterocycles. The number of nitrogens with one attached hydrogen (secondary N) is 1. The van der Waals surface area contributed by atoms with Crippen LogP contribution in [0.1, 0.15) is 27.7 Å². The van der Waals surface area contributed by atoms with Gasteiger partial charge in [0.25, 0.3) is 0 Å². The normalized spacial score (nSPS) is 9.09. The second-order valence-corrected chi connectivity index (χ2v) is 4.79. The van der Waals surface area contributed by atoms with Gasteiger partial charge < -0.3 is 5.32 Å². The fourth-order valence-corrected chi connectivity index (χ4v) is 2.55. The van der Waals surface area contributed by atoms with Crippen LogP contribution in [0.4, 0.5) is 10.1 Å². The van der Waals surface area contributed by atoms with Crippen LogP contribution in [0, 0.1) is 5.82 Å². The molecule has 0 aliphatic heterocycles. The van der Waals surface area contributed by atoms with E-state index in [1.54, 1.807) is 24.3 Å². The summed E-state index contributed by atoms with van der Waals surface area (Å²) in [5.74, 6) is 0.196. The van der Waals surface area contributed by atoms with Crippen molar-refractivity contribution in [1.29, 1.82) is 0 Å². The Labute approximate surface area is 148 Å². The standard InChI is InChI=1S/C13H10Cl2FNS.2C2H6/c14-11-5-10(17-7-18)6-12(15)13(11)8-1-3-9(16)4-2-8;2*1-2/h1-6,17-18H,7H2;2*1-2H3. The van der Waals surface area contributed by atoms with E-state index in [0.717, 1.165) is 11.3 Å². The molecule has 0 fully saturated rings. The van der Waals surface area contributed by atoms with Crippen LogP contribution >= 0.6 is 35.8 Å². The van der Waals surface area contributed by atoms with Gasteiger partial charge in [0.15, 0.2) is 0 Å². The first-order valence-corrected chi connectivity index (χ1v) is 8.60. The number of benzene rings is 2. The van der Waals surface area contributed by atoms with Crippen LogP contribution in [0.5, 0.6) is 0 Å². The van der Waals surface area contributed by atoms with E-state index in [0.29, 0.717) is 21.5 Å². The van der Waals surface area contributed by atoms with Gasteiger partial charge in [-0.3, -0.25) is 0 Å². The summed E-state index contributed by atoms with van der Waals surface area (Å²) in [4.78, 5) is 0. The van der Waals surface area contributed by atoms with Crippen molar-refractivity contribution in [2.45, 2.75) is 27.7 Å². The highest BCUT2D eigenvalue weighted by molar-refractivity contribution is 7.80. The first-order chi connectivity index (χ1) is 10.6. The molecule has 0 saturated carbocycles. The maximum absolute atomic E-state index is 12.9. The number of rotatable bonds is 3. The Hall–Kier alpha value is -0.900. The number of halogens is 3. The van der Waals surface area contributed by atoms with Crippen molar-refractivity contribution in [2.24, 2.45) is 0 Å². The zero-order valence-corrected chi connectivity index (χ0v) is 15.7. The molecule has 2 aromatic rings. The van der Waals surface area contributed by atoms with Crippen LogP contribution in [-0.2, 0) is 0 Å². The van der Waals surface area contributed by atoms with Crippen molar-refractivity contribution in [3.8, 4) is 11.1 Å². The third kappa shape index (κ3) is 6.07. The fraction of sp³-hybridized carbons (Fsp3) is 0.294. The molecule has 0 bridgehead atoms. The van der Waals surface area contributed by atoms with Gasteiger partial charge in [-0.15, -0.1) is 0 Å². The molecule has 0 heterocycles. The van der Waals surface area contributed by atoms with Crippen molar-refractivity contribution in [1.82, 2.24) is 0 Å². The van der Waals surface area contributed by atoms with Gasteiger partial charge in [-0.05, 0) is 29.8 Å². The average molecular weight is 362 g/mol. The monoisotopic (exact) mass is 361 g/mol. The third-order valence-electron chi connectivity index (χ3n) is 2.46. The summed E-state index contributed by atoms with van der Waals surface area (Å²) in [6.07, 6.45) is 0. The third-order valence-corrected chi connectivity index (χ3v) is 3.21. The van der Waals surface area contributed by atoms with Gasteiger partial charge in [-0.25, -0.2) is 4.39 Å². The van der Waals surface area contributed by atoms with E-state index >= 15 is 0 Å². The molecule has 2 aromatic carbocycles. The molecular formula is C17H22Cl2FNS. The van der Waals surface area contributed by atoms with Gasteiger partial charge in [0.2, 0.25) is 0 Å². The second kappa shape index (κ2) is 11.6. The van der Waals surface area contributed by atoms with Crippen LogP contribution in [0.3, 0.4) is 0 Å². The minimum Gasteiger partial charge on any atom is -0.376 e. The molecule has 5 heteroatoms. The molecule has 22 heavy (non-hydrogen) atoms. The first-order valence-electron chi connectivity index (χ1n) is 7.21. The molecule has 0 atom stereocenters. The number of hydrogen-bond donors (Lipinski definition) is 2. The SMILES string of the molecule is CC.CC.Fc1ccc(-c2c(Cl)cc(NCS)cc2Cl)cc1. The Balaban J connectivity index is 0.00000102. The van der Waals surface area contributed by atoms with Crippen LogP contribution in [0.25, 0.3) is 11.1 Å². The largest absolute Gasteiger partial charge is 0.376 e. The summed E-state index contributed by atoms with van der Waals surface area (Å²) in [7, 11) is 0. The van der Waals surface area contributed by atoms with Crippen molar-refractivity contribution >= 4 is 41.5 Å². The molecule has 1 nitrogen and oxygen atoms in total. The zero-order chi connectivity index (χ0) is 17.1. The van der Waals surface area contributed by atoms with Crippen molar-refractivity contribution in [2.75, 3.05) is 11.2 Å². The Morgan fingerprint density at radius 2 is 1.41 bits per heavy atom. The van der Waals surface area contributed by atoms with E-state index in [1.165, 1.54) is 12.1 Å². The second-order valence-electron chi connectivity index (χ2n) is 3.66. The van der Waals surface area contributed by atoms with Crippen molar-refractivity contribution in [3.05, 3.63) is 52.3 Å². The van der Waals surface area contributed by atoms with E-state index in [1.807, 2.05) is 27.7 Å². The minimum absolute atomic E-state index is 0.292. The molecule has 122 valence electrons. The molecule has 2 rings (SSSR count). The van der Waals surface area contributed by atoms with E-state index in [-0.39, 0.29) is 5.82 Å². The lowest BCUT2D eigenvalue weighted by Gasteiger charge is -2.11. The molecular weight excluding hydrogens is 340 g/mol. The quantitative estimate of drug-likeness (QED) is 0.436. The first kappa shape index (κ1) is 21.1. The van der Waals surface area contributed by atoms with E-state index in [9.17, 15) is 4.39 Å². The van der Waals surface area contributed by atoms with Crippen LogP contribution in [-0.4, -0.2) is 5.88 Å². The number of anilines is 1. The summed E-state index contributed by atoms with van der Waals surface area (Å²) in [6.45, 7) is 8.00. The summed E-state index contributed by atoms with van der Waals surface area (Å²) < 4.78 is 12.9. The smallest absolute Gasteiger partial charge is 0.123 e. The van der Waals surface area contributed by atoms with E-state index in [4.69, 9.17) is 23.2 Å². The predicted octanol–water partition coefficient (Wildman–Crippen LogP) is 7.15. The molecule has 0 aliphatic rings. The highest BCUT2D eigenvalue weighted by Crippen LogP contribution is 2.37. The Kier molecular flexibility index (Phi) is 11.2. The fourth-order valence-electron chi connectivity index (χ4n) is 1.66. The van der Waals surface area contributed by atoms with Crippen molar-refractivity contribution < 1.29 is 4.39 Å². The molecule has 0 saturated heterocycles. The van der Waals surface area contributed by atoms with Crippen LogP contribution in [0.2, 0.25) is 10.0 Å². The molecule has 0 amide bonds. The molecule has 0 radical (unpaired) electrons. The minimum atomic E-state index is -0.292. The Morgan fingerprint density at radius 1 is 0.955 bits per heavy atom. The van der Waals surface area contributed by atoms with E-state index < -0.39 is 0 Å². The Bertz CT molecular complexity index is 536. The van der Waals surface area contributed by atoms with Gasteiger partial charge in [0, 0.05) is 11.3 Å². The van der Waals surface area contributed by atoms with Crippen LogP contribution in [0.15, 0.2) is 36.4 Å².